The van der Waals surface area contributed by atoms with Crippen molar-refractivity contribution < 1.29 is 18.7 Å². The molecule has 1 N–H and O–H groups in total. The first-order chi connectivity index (χ1) is 13.9. The van der Waals surface area contributed by atoms with Gasteiger partial charge in [-0.3, -0.25) is 9.59 Å². The summed E-state index contributed by atoms with van der Waals surface area (Å²) in [6, 6.07) is 13.4. The van der Waals surface area contributed by atoms with Gasteiger partial charge in [-0.05, 0) is 38.1 Å². The van der Waals surface area contributed by atoms with Crippen LogP contribution in [0.2, 0.25) is 0 Å². The SMILES string of the molecule is CCOC(=O)c1nn(-c2ccc(C)cc2)c(=O)cc1NC(=O)c1ccccc1F. The van der Waals surface area contributed by atoms with Crippen molar-refractivity contribution in [1.29, 1.82) is 0 Å². The van der Waals surface area contributed by atoms with Crippen molar-refractivity contribution >= 4 is 17.6 Å². The zero-order valence-electron chi connectivity index (χ0n) is 15.8. The molecule has 7 nitrogen and oxygen atoms in total. The summed E-state index contributed by atoms with van der Waals surface area (Å²) in [7, 11) is 0. The van der Waals surface area contributed by atoms with Crippen molar-refractivity contribution in [3.05, 3.63) is 87.6 Å². The number of hydrogen-bond acceptors (Lipinski definition) is 5. The molecular weight excluding hydrogens is 377 g/mol. The van der Waals surface area contributed by atoms with Gasteiger partial charge in [-0.1, -0.05) is 29.8 Å². The summed E-state index contributed by atoms with van der Waals surface area (Å²) in [6.45, 7) is 3.59. The summed E-state index contributed by atoms with van der Waals surface area (Å²) in [6.07, 6.45) is 0. The van der Waals surface area contributed by atoms with Crippen molar-refractivity contribution in [1.82, 2.24) is 9.78 Å². The van der Waals surface area contributed by atoms with E-state index >= 15 is 0 Å². The van der Waals surface area contributed by atoms with Crippen LogP contribution in [0.3, 0.4) is 0 Å². The highest BCUT2D eigenvalue weighted by Crippen LogP contribution is 2.16. The van der Waals surface area contributed by atoms with Crippen LogP contribution >= 0.6 is 0 Å². The first-order valence-electron chi connectivity index (χ1n) is 8.85. The van der Waals surface area contributed by atoms with Crippen LogP contribution in [0.25, 0.3) is 5.69 Å². The minimum absolute atomic E-state index is 0.0743. The van der Waals surface area contributed by atoms with Gasteiger partial charge in [0.2, 0.25) is 0 Å². The van der Waals surface area contributed by atoms with E-state index in [0.29, 0.717) is 5.69 Å². The quantitative estimate of drug-likeness (QED) is 0.671. The number of anilines is 1. The first-order valence-corrected chi connectivity index (χ1v) is 8.85. The van der Waals surface area contributed by atoms with E-state index in [0.717, 1.165) is 22.4 Å². The third-order valence-corrected chi connectivity index (χ3v) is 4.05. The topological polar surface area (TPSA) is 90.3 Å². The average Bonchev–Trinajstić information content (AvgIpc) is 2.69. The second-order valence-electron chi connectivity index (χ2n) is 6.15. The number of benzene rings is 2. The third kappa shape index (κ3) is 4.37. The van der Waals surface area contributed by atoms with Gasteiger partial charge in [-0.2, -0.15) is 9.78 Å². The van der Waals surface area contributed by atoms with Crippen LogP contribution in [0, 0.1) is 12.7 Å². The molecule has 3 rings (SSSR count). The summed E-state index contributed by atoms with van der Waals surface area (Å²) in [4.78, 5) is 37.4. The summed E-state index contributed by atoms with van der Waals surface area (Å²) in [5.41, 5.74) is 0.192. The molecule has 0 fully saturated rings. The molecule has 0 aliphatic rings. The smallest absolute Gasteiger partial charge is 0.360 e. The van der Waals surface area contributed by atoms with Crippen LogP contribution in [0.4, 0.5) is 10.1 Å². The number of esters is 1. The van der Waals surface area contributed by atoms with E-state index in [1.807, 2.05) is 6.92 Å². The number of amides is 1. The molecule has 2 aromatic carbocycles. The number of nitrogens with zero attached hydrogens (tertiary/aromatic N) is 2. The highest BCUT2D eigenvalue weighted by molar-refractivity contribution is 6.07. The summed E-state index contributed by atoms with van der Waals surface area (Å²) < 4.78 is 19.9. The number of rotatable bonds is 5. The number of halogens is 1. The fourth-order valence-corrected chi connectivity index (χ4v) is 2.61. The molecule has 0 unspecified atom stereocenters. The van der Waals surface area contributed by atoms with Gasteiger partial charge in [0.15, 0.2) is 5.69 Å². The second kappa shape index (κ2) is 8.47. The lowest BCUT2D eigenvalue weighted by atomic mass is 10.2. The van der Waals surface area contributed by atoms with Gasteiger partial charge < -0.3 is 10.1 Å². The number of ether oxygens (including phenoxy) is 1. The number of carbonyl (C=O) groups excluding carboxylic acids is 2. The lowest BCUT2D eigenvalue weighted by molar-refractivity contribution is 0.0518. The van der Waals surface area contributed by atoms with Crippen LogP contribution in [-0.2, 0) is 4.74 Å². The summed E-state index contributed by atoms with van der Waals surface area (Å²) in [5.74, 6) is -2.37. The Hall–Kier alpha value is -3.81. The summed E-state index contributed by atoms with van der Waals surface area (Å²) in [5, 5.41) is 6.46. The lowest BCUT2D eigenvalue weighted by Crippen LogP contribution is -2.27. The highest BCUT2D eigenvalue weighted by atomic mass is 19.1. The molecule has 3 aromatic rings. The molecule has 1 heterocycles. The van der Waals surface area contributed by atoms with Crippen molar-refractivity contribution in [2.24, 2.45) is 0 Å². The van der Waals surface area contributed by atoms with Gasteiger partial charge in [0, 0.05) is 6.07 Å². The maximum atomic E-state index is 13.9. The van der Waals surface area contributed by atoms with Crippen molar-refractivity contribution in [2.45, 2.75) is 13.8 Å². The van der Waals surface area contributed by atoms with E-state index in [-0.39, 0.29) is 23.6 Å². The number of hydrogen-bond donors (Lipinski definition) is 1. The number of aromatic nitrogens is 2. The number of aryl methyl sites for hydroxylation is 1. The Labute approximate surface area is 165 Å². The van der Waals surface area contributed by atoms with Crippen LogP contribution < -0.4 is 10.9 Å². The molecule has 0 saturated carbocycles. The van der Waals surface area contributed by atoms with Gasteiger partial charge in [-0.25, -0.2) is 9.18 Å². The monoisotopic (exact) mass is 395 g/mol. The predicted molar refractivity (Wildman–Crippen MR) is 105 cm³/mol. The molecule has 0 atom stereocenters. The van der Waals surface area contributed by atoms with Crippen LogP contribution in [0.5, 0.6) is 0 Å². The van der Waals surface area contributed by atoms with E-state index in [9.17, 15) is 18.8 Å². The molecule has 0 spiro atoms. The molecule has 148 valence electrons. The van der Waals surface area contributed by atoms with Gasteiger partial charge in [0.05, 0.1) is 23.5 Å². The zero-order chi connectivity index (χ0) is 21.0. The normalized spacial score (nSPS) is 10.4. The van der Waals surface area contributed by atoms with E-state index < -0.39 is 23.3 Å². The number of carbonyl (C=O) groups is 2. The maximum Gasteiger partial charge on any atom is 0.360 e. The Kier molecular flexibility index (Phi) is 5.82. The number of nitrogens with one attached hydrogen (secondary N) is 1. The predicted octanol–water partition coefficient (Wildman–Crippen LogP) is 3.11. The lowest BCUT2D eigenvalue weighted by Gasteiger charge is -2.13. The summed E-state index contributed by atoms with van der Waals surface area (Å²) >= 11 is 0. The van der Waals surface area contributed by atoms with E-state index in [4.69, 9.17) is 4.74 Å². The molecule has 0 aliphatic carbocycles. The van der Waals surface area contributed by atoms with E-state index in [1.165, 1.54) is 18.2 Å². The molecule has 1 amide bonds. The molecule has 0 bridgehead atoms. The fraction of sp³-hybridized carbons (Fsp3) is 0.143. The first kappa shape index (κ1) is 19.9. The molecule has 0 radical (unpaired) electrons. The Morgan fingerprint density at radius 1 is 1.14 bits per heavy atom. The molecule has 0 aliphatic heterocycles. The van der Waals surface area contributed by atoms with Crippen LogP contribution in [0.1, 0.15) is 33.3 Å². The molecule has 8 heteroatoms. The van der Waals surface area contributed by atoms with Crippen LogP contribution in [-0.4, -0.2) is 28.3 Å². The second-order valence-corrected chi connectivity index (χ2v) is 6.15. The third-order valence-electron chi connectivity index (χ3n) is 4.05. The highest BCUT2D eigenvalue weighted by Gasteiger charge is 2.21. The molecule has 1 aromatic heterocycles. The molecule has 29 heavy (non-hydrogen) atoms. The maximum absolute atomic E-state index is 13.9. The van der Waals surface area contributed by atoms with E-state index in [1.54, 1.807) is 31.2 Å². The standard InChI is InChI=1S/C21H18FN3O4/c1-3-29-21(28)19-17(23-20(27)15-6-4-5-7-16(15)22)12-18(26)25(24-19)14-10-8-13(2)9-11-14/h4-12H,3H2,1-2H3,(H,23,27). The Bertz CT molecular complexity index is 1120. The Morgan fingerprint density at radius 3 is 2.48 bits per heavy atom. The van der Waals surface area contributed by atoms with Crippen molar-refractivity contribution in [2.75, 3.05) is 11.9 Å². The van der Waals surface area contributed by atoms with Gasteiger partial charge in [-0.15, -0.1) is 0 Å². The van der Waals surface area contributed by atoms with Gasteiger partial charge in [0.25, 0.3) is 11.5 Å². The Morgan fingerprint density at radius 2 is 1.83 bits per heavy atom. The van der Waals surface area contributed by atoms with Crippen molar-refractivity contribution in [3.63, 3.8) is 0 Å². The van der Waals surface area contributed by atoms with Crippen molar-refractivity contribution in [3.8, 4) is 5.69 Å². The molecule has 0 saturated heterocycles. The van der Waals surface area contributed by atoms with E-state index in [2.05, 4.69) is 10.4 Å². The minimum atomic E-state index is -0.822. The van der Waals surface area contributed by atoms with Crippen LogP contribution in [0.15, 0.2) is 59.4 Å². The Balaban J connectivity index is 2.06. The minimum Gasteiger partial charge on any atom is -0.461 e. The average molecular weight is 395 g/mol. The van der Waals surface area contributed by atoms with Gasteiger partial charge >= 0.3 is 5.97 Å². The fourth-order valence-electron chi connectivity index (χ4n) is 2.61. The largest absolute Gasteiger partial charge is 0.461 e. The zero-order valence-corrected chi connectivity index (χ0v) is 15.8. The van der Waals surface area contributed by atoms with Gasteiger partial charge in [0.1, 0.15) is 5.82 Å². The molecular formula is C21H18FN3O4.